The fourth-order valence-corrected chi connectivity index (χ4v) is 7.75. The lowest BCUT2D eigenvalue weighted by Crippen LogP contribution is -2.63. The highest BCUT2D eigenvalue weighted by Crippen LogP contribution is 2.40. The highest BCUT2D eigenvalue weighted by atomic mass is 16.6. The molecule has 1 spiro atoms. The van der Waals surface area contributed by atoms with Crippen molar-refractivity contribution in [2.45, 2.75) is 123 Å². The Kier molecular flexibility index (Phi) is 17.5. The predicted octanol–water partition coefficient (Wildman–Crippen LogP) is 3.77. The minimum absolute atomic E-state index is 0.0157. The number of benzene rings is 2. The van der Waals surface area contributed by atoms with Crippen LogP contribution < -0.4 is 26.6 Å². The predicted molar refractivity (Wildman–Crippen MR) is 229 cm³/mol. The summed E-state index contributed by atoms with van der Waals surface area (Å²) in [6.07, 6.45) is 1.11. The first-order valence-corrected chi connectivity index (χ1v) is 21.3. The van der Waals surface area contributed by atoms with Gasteiger partial charge in [-0.2, -0.15) is 0 Å². The summed E-state index contributed by atoms with van der Waals surface area (Å²) in [5, 5.41) is 23.1. The number of unbranched alkanes of at least 4 members (excludes halogenated alkanes) is 1. The van der Waals surface area contributed by atoms with E-state index in [0.717, 1.165) is 18.4 Å². The second-order valence-electron chi connectivity index (χ2n) is 17.8. The molecule has 2 aliphatic heterocycles. The molecule has 0 saturated carbocycles. The number of hydrogen-bond donors (Lipinski definition) is 6. The largest absolute Gasteiger partial charge is 0.465 e. The number of amides is 7. The number of carbonyl (C=O) groups is 7. The van der Waals surface area contributed by atoms with Gasteiger partial charge in [-0.25, -0.2) is 9.59 Å². The third kappa shape index (κ3) is 15.7. The van der Waals surface area contributed by atoms with Crippen molar-refractivity contribution in [1.82, 2.24) is 36.4 Å². The number of hydrogen-bond acceptors (Lipinski definition) is 8. The van der Waals surface area contributed by atoms with Crippen molar-refractivity contribution in [2.24, 2.45) is 11.3 Å². The first-order valence-electron chi connectivity index (χ1n) is 21.3. The Balaban J connectivity index is 1.50. The van der Waals surface area contributed by atoms with Gasteiger partial charge < -0.3 is 46.2 Å². The Bertz CT molecular complexity index is 1800. The van der Waals surface area contributed by atoms with Gasteiger partial charge in [0, 0.05) is 57.9 Å². The number of piperidine rings is 1. The first-order chi connectivity index (χ1) is 28.8. The number of ether oxygens (including phenoxy) is 1. The molecule has 0 unspecified atom stereocenters. The maximum absolute atomic E-state index is 14.2. The van der Waals surface area contributed by atoms with Gasteiger partial charge in [0.05, 0.1) is 0 Å². The van der Waals surface area contributed by atoms with Crippen molar-refractivity contribution in [3.8, 4) is 0 Å². The average Bonchev–Trinajstić information content (AvgIpc) is 3.18. The van der Waals surface area contributed by atoms with Crippen molar-refractivity contribution in [3.63, 3.8) is 0 Å². The van der Waals surface area contributed by atoms with Crippen LogP contribution in [0.5, 0.6) is 0 Å². The van der Waals surface area contributed by atoms with E-state index in [1.807, 2.05) is 19.9 Å². The number of nitrogens with one attached hydrogen (secondary N) is 5. The van der Waals surface area contributed by atoms with Crippen LogP contribution in [0.1, 0.15) is 91.2 Å². The minimum atomic E-state index is -1.40. The number of carboxylic acid groups (broad SMARTS) is 1. The molecule has 334 valence electrons. The van der Waals surface area contributed by atoms with Crippen LogP contribution in [0, 0.1) is 11.3 Å². The van der Waals surface area contributed by atoms with Crippen LogP contribution in [0.4, 0.5) is 9.59 Å². The van der Waals surface area contributed by atoms with Gasteiger partial charge in [0.25, 0.3) is 0 Å². The smallest absolute Gasteiger partial charge is 0.407 e. The Hall–Kier alpha value is -5.67. The van der Waals surface area contributed by atoms with E-state index in [4.69, 9.17) is 4.74 Å². The average molecular weight is 848 g/mol. The van der Waals surface area contributed by atoms with Gasteiger partial charge in [-0.05, 0) is 76.3 Å². The molecule has 16 heteroatoms. The maximum Gasteiger partial charge on any atom is 0.407 e. The lowest BCUT2D eigenvalue weighted by atomic mass is 9.72. The SMILES string of the molecule is CC(=O)N1CC2(CCN(C(=O)[C@@H](CCCCNC(=O)OC(C)(C)C)NC(=O)[C@@H](CC(C)C)NC(=O)[C@@H](Cc3ccccc3)NC(=O)[C@@H](Cc3ccccc3)NC(=O)O)CC2)C1. The van der Waals surface area contributed by atoms with Crippen LogP contribution in [0.15, 0.2) is 60.7 Å². The fraction of sp³-hybridized carbons (Fsp3) is 0.578. The molecule has 2 heterocycles. The van der Waals surface area contributed by atoms with Crippen LogP contribution in [-0.4, -0.2) is 119 Å². The third-order valence-electron chi connectivity index (χ3n) is 11.0. The topological polar surface area (TPSA) is 216 Å². The molecule has 0 aliphatic carbocycles. The number of alkyl carbamates (subject to hydrolysis) is 1. The van der Waals surface area contributed by atoms with Gasteiger partial charge in [-0.3, -0.25) is 24.0 Å². The summed E-state index contributed by atoms with van der Waals surface area (Å²) in [7, 11) is 0. The maximum atomic E-state index is 14.2. The molecule has 0 radical (unpaired) electrons. The number of rotatable bonds is 19. The summed E-state index contributed by atoms with van der Waals surface area (Å²) in [5.41, 5.74) is 0.770. The molecular formula is C45H65N7O9. The van der Waals surface area contributed by atoms with Gasteiger partial charge in [-0.1, -0.05) is 74.5 Å². The van der Waals surface area contributed by atoms with Gasteiger partial charge in [0.1, 0.15) is 29.8 Å². The van der Waals surface area contributed by atoms with Gasteiger partial charge in [-0.15, -0.1) is 0 Å². The molecule has 2 aliphatic rings. The van der Waals surface area contributed by atoms with E-state index >= 15 is 0 Å². The van der Waals surface area contributed by atoms with Crippen LogP contribution in [0.3, 0.4) is 0 Å². The zero-order chi connectivity index (χ0) is 44.7. The zero-order valence-corrected chi connectivity index (χ0v) is 36.5. The van der Waals surface area contributed by atoms with E-state index in [2.05, 4.69) is 26.6 Å². The Morgan fingerprint density at radius 3 is 1.69 bits per heavy atom. The van der Waals surface area contributed by atoms with E-state index < -0.39 is 59.7 Å². The van der Waals surface area contributed by atoms with Crippen molar-refractivity contribution < 1.29 is 43.4 Å². The molecule has 2 fully saturated rings. The molecule has 4 atom stereocenters. The van der Waals surface area contributed by atoms with Crippen LogP contribution in [-0.2, 0) is 41.6 Å². The molecule has 0 bridgehead atoms. The Morgan fingerprint density at radius 1 is 0.705 bits per heavy atom. The highest BCUT2D eigenvalue weighted by molar-refractivity contribution is 5.95. The molecule has 4 rings (SSSR count). The highest BCUT2D eigenvalue weighted by Gasteiger charge is 2.47. The molecule has 7 amide bonds. The van der Waals surface area contributed by atoms with E-state index in [-0.39, 0.29) is 48.8 Å². The van der Waals surface area contributed by atoms with Crippen molar-refractivity contribution in [2.75, 3.05) is 32.7 Å². The van der Waals surface area contributed by atoms with Gasteiger partial charge in [0.15, 0.2) is 0 Å². The lowest BCUT2D eigenvalue weighted by Gasteiger charge is -2.54. The van der Waals surface area contributed by atoms with Crippen molar-refractivity contribution >= 4 is 41.7 Å². The summed E-state index contributed by atoms with van der Waals surface area (Å²) in [4.78, 5) is 95.8. The molecule has 0 aromatic heterocycles. The summed E-state index contributed by atoms with van der Waals surface area (Å²) >= 11 is 0. The van der Waals surface area contributed by atoms with E-state index in [1.165, 1.54) is 0 Å². The van der Waals surface area contributed by atoms with Crippen molar-refractivity contribution in [3.05, 3.63) is 71.8 Å². The summed E-state index contributed by atoms with van der Waals surface area (Å²) < 4.78 is 5.32. The Labute approximate surface area is 359 Å². The fourth-order valence-electron chi connectivity index (χ4n) is 7.75. The van der Waals surface area contributed by atoms with Crippen LogP contribution in [0.2, 0.25) is 0 Å². The second-order valence-corrected chi connectivity index (χ2v) is 17.8. The van der Waals surface area contributed by atoms with Crippen LogP contribution in [0.25, 0.3) is 0 Å². The third-order valence-corrected chi connectivity index (χ3v) is 11.0. The number of carbonyl (C=O) groups excluding carboxylic acids is 6. The summed E-state index contributed by atoms with van der Waals surface area (Å²) in [6.45, 7) is 13.3. The zero-order valence-electron chi connectivity index (χ0n) is 36.5. The second kappa shape index (κ2) is 22.3. The Morgan fingerprint density at radius 2 is 1.20 bits per heavy atom. The van der Waals surface area contributed by atoms with E-state index in [1.54, 1.807) is 92.1 Å². The molecule has 2 saturated heterocycles. The van der Waals surface area contributed by atoms with E-state index in [0.29, 0.717) is 51.1 Å². The number of likely N-dealkylation sites (tertiary alicyclic amines) is 2. The normalized spacial score (nSPS) is 16.6. The summed E-state index contributed by atoms with van der Waals surface area (Å²) in [5.74, 6) is -2.19. The molecule has 16 nitrogen and oxygen atoms in total. The molecule has 61 heavy (non-hydrogen) atoms. The first kappa shape index (κ1) is 48.0. The summed E-state index contributed by atoms with van der Waals surface area (Å²) in [6, 6.07) is 13.5. The number of nitrogens with zero attached hydrogens (tertiary/aromatic N) is 2. The van der Waals surface area contributed by atoms with Crippen LogP contribution >= 0.6 is 0 Å². The van der Waals surface area contributed by atoms with Crippen molar-refractivity contribution in [1.29, 1.82) is 0 Å². The molecule has 2 aromatic carbocycles. The lowest BCUT2D eigenvalue weighted by molar-refractivity contribution is -0.149. The molecule has 6 N–H and O–H groups in total. The monoisotopic (exact) mass is 847 g/mol. The molecular weight excluding hydrogens is 783 g/mol. The quantitative estimate of drug-likeness (QED) is 0.113. The minimum Gasteiger partial charge on any atom is -0.465 e. The standard InChI is InChI=1S/C45H65N7O9/c1-30(2)25-35(48-39(55)36(26-32-15-9-7-10-16-32)49-40(56)37(50-42(58)59)27-33-17-11-8-12-18-33)38(54)47-34(19-13-14-22-46-43(60)61-44(4,5)6)41(57)51-23-20-45(21-24-51)28-52(29-45)31(3)53/h7-12,15-18,30,34-37,50H,13-14,19-29H2,1-6H3,(H,46,60)(H,47,54)(H,48,55)(H,49,56)(H,58,59)/t34-,35-,36-,37-/m1/s1. The van der Waals surface area contributed by atoms with Gasteiger partial charge in [0.2, 0.25) is 29.5 Å². The van der Waals surface area contributed by atoms with Gasteiger partial charge >= 0.3 is 12.2 Å². The van der Waals surface area contributed by atoms with E-state index in [9.17, 15) is 38.7 Å². The molecule has 2 aromatic rings.